The molecule has 0 N–H and O–H groups in total. The summed E-state index contributed by atoms with van der Waals surface area (Å²) in [5.41, 5.74) is 0. The molecule has 0 aromatic rings. The molecular weight excluding hydrogens is 244 g/mol. The molecule has 0 heterocycles. The van der Waals surface area contributed by atoms with E-state index in [2.05, 4.69) is 0 Å². The van der Waals surface area contributed by atoms with Crippen LogP contribution in [0.25, 0.3) is 0 Å². The van der Waals surface area contributed by atoms with E-state index in [0.29, 0.717) is 5.25 Å². The Morgan fingerprint density at radius 2 is 1.47 bits per heavy atom. The minimum Gasteiger partial charge on any atom is -0.175 e. The van der Waals surface area contributed by atoms with Gasteiger partial charge in [-0.1, -0.05) is 50.7 Å². The third-order valence-corrected chi connectivity index (χ3v) is 5.77. The predicted molar refractivity (Wildman–Crippen MR) is 83.1 cm³/mol. The zero-order chi connectivity index (χ0) is 12.1. The minimum atomic E-state index is 0.546. The summed E-state index contributed by atoms with van der Waals surface area (Å²) in [5, 5.41) is 0.546. The highest BCUT2D eigenvalue weighted by Crippen LogP contribution is 2.33. The van der Waals surface area contributed by atoms with E-state index in [1.54, 1.807) is 0 Å². The highest BCUT2D eigenvalue weighted by molar-refractivity contribution is 7.82. The fourth-order valence-corrected chi connectivity index (χ4v) is 4.52. The van der Waals surface area contributed by atoms with Crippen molar-refractivity contribution in [3.63, 3.8) is 0 Å². The van der Waals surface area contributed by atoms with Crippen LogP contribution in [0.15, 0.2) is 0 Å². The first kappa shape index (κ1) is 13.9. The van der Waals surface area contributed by atoms with Crippen LogP contribution in [0.4, 0.5) is 0 Å². The van der Waals surface area contributed by atoms with Crippen LogP contribution in [-0.4, -0.2) is 10.1 Å². The second-order valence-electron chi connectivity index (χ2n) is 5.97. The summed E-state index contributed by atoms with van der Waals surface area (Å²) in [4.78, 5) is 1.34. The minimum absolute atomic E-state index is 0.546. The summed E-state index contributed by atoms with van der Waals surface area (Å²) in [5.74, 6) is 1.59. The van der Waals surface area contributed by atoms with Crippen molar-refractivity contribution in [1.82, 2.24) is 0 Å². The lowest BCUT2D eigenvalue weighted by atomic mass is 9.81. The molecule has 0 radical (unpaired) electrons. The topological polar surface area (TPSA) is 0 Å². The van der Waals surface area contributed by atoms with Gasteiger partial charge in [-0.25, -0.2) is 0 Å². The van der Waals surface area contributed by atoms with E-state index in [1.165, 1.54) is 69.1 Å². The van der Waals surface area contributed by atoms with E-state index in [-0.39, 0.29) is 0 Å². The van der Waals surface area contributed by atoms with Crippen molar-refractivity contribution in [2.24, 2.45) is 11.8 Å². The quantitative estimate of drug-likeness (QED) is 0.541. The Balaban J connectivity index is 1.76. The maximum absolute atomic E-state index is 5.67. The molecule has 0 saturated heterocycles. The molecule has 2 aliphatic carbocycles. The van der Waals surface area contributed by atoms with E-state index in [1.807, 2.05) is 0 Å². The van der Waals surface area contributed by atoms with Crippen molar-refractivity contribution in [2.75, 3.05) is 0 Å². The smallest absolute Gasteiger partial charge is 0.00905 e. The van der Waals surface area contributed by atoms with Crippen LogP contribution in [0.3, 0.4) is 0 Å². The van der Waals surface area contributed by atoms with Crippen molar-refractivity contribution < 1.29 is 0 Å². The zero-order valence-electron chi connectivity index (χ0n) is 10.9. The van der Waals surface area contributed by atoms with Crippen molar-refractivity contribution in [1.29, 1.82) is 0 Å². The first-order valence-corrected chi connectivity index (χ1v) is 8.40. The highest BCUT2D eigenvalue weighted by Gasteiger charge is 2.25. The second kappa shape index (κ2) is 7.13. The normalized spacial score (nSPS) is 25.7. The van der Waals surface area contributed by atoms with Gasteiger partial charge in [0, 0.05) is 5.25 Å². The first-order chi connectivity index (χ1) is 8.27. The molecule has 2 saturated carbocycles. The number of thiocarbonyl (C=S) groups is 1. The molecule has 0 amide bonds. The van der Waals surface area contributed by atoms with Crippen LogP contribution in [0, 0.1) is 11.8 Å². The zero-order valence-corrected chi connectivity index (χ0v) is 12.6. The lowest BCUT2D eigenvalue weighted by molar-refractivity contribution is 0.350. The summed E-state index contributed by atoms with van der Waals surface area (Å²) < 4.78 is 0. The summed E-state index contributed by atoms with van der Waals surface area (Å²) in [6, 6.07) is 0. The average molecular weight is 271 g/mol. The van der Waals surface area contributed by atoms with Gasteiger partial charge < -0.3 is 0 Å². The highest BCUT2D eigenvalue weighted by atomic mass is 32.1. The molecular formula is C15H26S2. The molecule has 0 aromatic carbocycles. The third kappa shape index (κ3) is 4.24. The van der Waals surface area contributed by atoms with Crippen LogP contribution in [0.1, 0.15) is 70.6 Å². The maximum atomic E-state index is 5.67. The van der Waals surface area contributed by atoms with Crippen LogP contribution in [-0.2, 0) is 0 Å². The van der Waals surface area contributed by atoms with E-state index < -0.39 is 0 Å². The van der Waals surface area contributed by atoms with E-state index >= 15 is 0 Å². The van der Waals surface area contributed by atoms with E-state index in [4.69, 9.17) is 24.8 Å². The SMILES string of the molecule is S=C(CC(S)C1CCCCC1)C1CCCCC1. The number of hydrogen-bond donors (Lipinski definition) is 1. The first-order valence-electron chi connectivity index (χ1n) is 7.48. The average Bonchev–Trinajstić information content (AvgIpc) is 2.40. The van der Waals surface area contributed by atoms with Gasteiger partial charge in [0.25, 0.3) is 0 Å². The lowest BCUT2D eigenvalue weighted by Crippen LogP contribution is -2.25. The van der Waals surface area contributed by atoms with Crippen LogP contribution >= 0.6 is 24.8 Å². The summed E-state index contributed by atoms with van der Waals surface area (Å²) >= 11 is 10.5. The van der Waals surface area contributed by atoms with Gasteiger partial charge in [-0.05, 0) is 48.8 Å². The van der Waals surface area contributed by atoms with Crippen molar-refractivity contribution in [3.8, 4) is 0 Å². The summed E-state index contributed by atoms with van der Waals surface area (Å²) in [6.45, 7) is 0. The standard InChI is InChI=1S/C15H26S2/c16-14(12-7-3-1-4-8-12)11-15(17)13-9-5-2-6-10-13/h12-14,16H,1-11H2. The number of hydrogen-bond acceptors (Lipinski definition) is 2. The van der Waals surface area contributed by atoms with Gasteiger partial charge in [-0.3, -0.25) is 0 Å². The van der Waals surface area contributed by atoms with Crippen molar-refractivity contribution in [3.05, 3.63) is 0 Å². The van der Waals surface area contributed by atoms with Gasteiger partial charge in [0.2, 0.25) is 0 Å². The Labute approximate surface area is 117 Å². The van der Waals surface area contributed by atoms with Crippen molar-refractivity contribution >= 4 is 29.7 Å². The number of rotatable bonds is 4. The summed E-state index contributed by atoms with van der Waals surface area (Å²) in [6.07, 6.45) is 15.1. The fraction of sp³-hybridized carbons (Fsp3) is 0.933. The molecule has 2 heteroatoms. The molecule has 0 aromatic heterocycles. The Morgan fingerprint density at radius 1 is 0.941 bits per heavy atom. The Morgan fingerprint density at radius 3 is 2.06 bits per heavy atom. The van der Waals surface area contributed by atoms with Crippen LogP contribution in [0.2, 0.25) is 0 Å². The van der Waals surface area contributed by atoms with Crippen LogP contribution in [0.5, 0.6) is 0 Å². The molecule has 0 spiro atoms. The van der Waals surface area contributed by atoms with Gasteiger partial charge >= 0.3 is 0 Å². The predicted octanol–water partition coefficient (Wildman–Crippen LogP) is 5.21. The molecule has 0 bridgehead atoms. The van der Waals surface area contributed by atoms with Gasteiger partial charge in [0.15, 0.2) is 0 Å². The Hall–Kier alpha value is 0.440. The maximum Gasteiger partial charge on any atom is 0.00905 e. The van der Waals surface area contributed by atoms with E-state index in [0.717, 1.165) is 18.3 Å². The fourth-order valence-electron chi connectivity index (χ4n) is 3.48. The van der Waals surface area contributed by atoms with E-state index in [9.17, 15) is 0 Å². The number of thiol groups is 1. The molecule has 1 atom stereocenters. The molecule has 98 valence electrons. The van der Waals surface area contributed by atoms with Gasteiger partial charge in [0.1, 0.15) is 0 Å². The van der Waals surface area contributed by atoms with Crippen LogP contribution < -0.4 is 0 Å². The van der Waals surface area contributed by atoms with Gasteiger partial charge in [0.05, 0.1) is 0 Å². The Bertz CT molecular complexity index is 237. The van der Waals surface area contributed by atoms with Gasteiger partial charge in [-0.15, -0.1) is 0 Å². The third-order valence-electron chi connectivity index (χ3n) is 4.66. The summed E-state index contributed by atoms with van der Waals surface area (Å²) in [7, 11) is 0. The molecule has 0 aliphatic heterocycles. The monoisotopic (exact) mass is 270 g/mol. The Kier molecular flexibility index (Phi) is 5.82. The van der Waals surface area contributed by atoms with Crippen molar-refractivity contribution in [2.45, 2.75) is 75.9 Å². The molecule has 1 unspecified atom stereocenters. The molecule has 0 nitrogen and oxygen atoms in total. The second-order valence-corrected chi connectivity index (χ2v) is 7.16. The largest absolute Gasteiger partial charge is 0.175 e. The molecule has 17 heavy (non-hydrogen) atoms. The van der Waals surface area contributed by atoms with Gasteiger partial charge in [-0.2, -0.15) is 12.6 Å². The lowest BCUT2D eigenvalue weighted by Gasteiger charge is -2.29. The molecule has 2 rings (SSSR count). The molecule has 2 fully saturated rings. The molecule has 2 aliphatic rings.